The maximum absolute atomic E-state index is 12.9. The Hall–Kier alpha value is -1.20. The first-order valence-corrected chi connectivity index (χ1v) is 4.98. The van der Waals surface area contributed by atoms with Gasteiger partial charge in [-0.3, -0.25) is 10.1 Å². The molecule has 10 heteroatoms. The van der Waals surface area contributed by atoms with Crippen molar-refractivity contribution in [2.24, 2.45) is 0 Å². The summed E-state index contributed by atoms with van der Waals surface area (Å²) in [5.41, 5.74) is -0.819. The Balaban J connectivity index is 3.05. The van der Waals surface area contributed by atoms with Crippen LogP contribution in [-0.4, -0.2) is 22.7 Å². The lowest BCUT2D eigenvalue weighted by molar-refractivity contribution is -0.386. The van der Waals surface area contributed by atoms with Crippen LogP contribution in [-0.2, 0) is 0 Å². The van der Waals surface area contributed by atoms with E-state index >= 15 is 0 Å². The maximum atomic E-state index is 12.9. The molecular weight excluding hydrogens is 363 g/mol. The van der Waals surface area contributed by atoms with Gasteiger partial charge in [0.1, 0.15) is 0 Å². The van der Waals surface area contributed by atoms with Gasteiger partial charge in [0, 0.05) is 6.07 Å². The van der Waals surface area contributed by atoms with E-state index in [4.69, 9.17) is 0 Å². The van der Waals surface area contributed by atoms with Gasteiger partial charge in [-0.15, -0.1) is 0 Å². The Morgan fingerprint density at radius 3 is 2.59 bits per heavy atom. The van der Waals surface area contributed by atoms with E-state index in [1.54, 1.807) is 0 Å². The molecule has 1 rings (SSSR count). The van der Waals surface area contributed by atoms with Crippen LogP contribution in [0.15, 0.2) is 6.07 Å². The first-order chi connectivity index (χ1) is 7.70. The van der Waals surface area contributed by atoms with Gasteiger partial charge in [-0.25, -0.2) is 0 Å². The largest absolute Gasteiger partial charge is 0.463 e. The fourth-order valence-corrected chi connectivity index (χ4v) is 1.24. The molecule has 0 unspecified atom stereocenters. The summed E-state index contributed by atoms with van der Waals surface area (Å²) in [5, 5.41) is 10.5. The van der Waals surface area contributed by atoms with Crippen molar-refractivity contribution >= 4 is 28.3 Å². The van der Waals surface area contributed by atoms with Gasteiger partial charge in [-0.1, -0.05) is 0 Å². The lowest BCUT2D eigenvalue weighted by atomic mass is 10.4. The highest BCUT2D eigenvalue weighted by atomic mass is 127. The summed E-state index contributed by atoms with van der Waals surface area (Å²) in [5.74, 6) is -2.13. The van der Waals surface area contributed by atoms with Gasteiger partial charge in [-0.05, 0) is 22.6 Å². The van der Waals surface area contributed by atoms with Crippen molar-refractivity contribution in [3.05, 3.63) is 25.7 Å². The Bertz CT molecular complexity index is 451. The van der Waals surface area contributed by atoms with Crippen LogP contribution in [0, 0.1) is 19.6 Å². The summed E-state index contributed by atoms with van der Waals surface area (Å²) in [6, 6.07) is 0.745. The number of alkyl halides is 3. The van der Waals surface area contributed by atoms with Crippen LogP contribution < -0.4 is 4.74 Å². The van der Waals surface area contributed by atoms with Crippen molar-refractivity contribution in [2.45, 2.75) is 6.18 Å². The van der Waals surface area contributed by atoms with E-state index in [2.05, 4.69) is 9.72 Å². The molecule has 94 valence electrons. The summed E-state index contributed by atoms with van der Waals surface area (Å²) in [7, 11) is 0. The smallest absolute Gasteiger partial charge is 0.422 e. The van der Waals surface area contributed by atoms with E-state index in [-0.39, 0.29) is 3.57 Å². The second-order valence-electron chi connectivity index (χ2n) is 2.75. The molecule has 0 aliphatic rings. The number of pyridine rings is 1. The molecule has 0 atom stereocenters. The van der Waals surface area contributed by atoms with E-state index < -0.39 is 35.2 Å². The topological polar surface area (TPSA) is 65.3 Å². The van der Waals surface area contributed by atoms with Crippen LogP contribution in [0.3, 0.4) is 0 Å². The summed E-state index contributed by atoms with van der Waals surface area (Å²) >= 11 is 1.42. The zero-order valence-corrected chi connectivity index (χ0v) is 9.95. The minimum Gasteiger partial charge on any atom is -0.463 e. The number of rotatable bonds is 3. The highest BCUT2D eigenvalue weighted by molar-refractivity contribution is 14.1. The van der Waals surface area contributed by atoms with E-state index in [1.165, 1.54) is 22.6 Å². The summed E-state index contributed by atoms with van der Waals surface area (Å²) in [6.07, 6.45) is -4.69. The van der Waals surface area contributed by atoms with E-state index in [0.29, 0.717) is 0 Å². The number of nitro groups is 1. The number of hydrogen-bond donors (Lipinski definition) is 0. The zero-order chi connectivity index (χ0) is 13.2. The average Bonchev–Trinajstić information content (AvgIpc) is 2.17. The molecule has 0 N–H and O–H groups in total. The number of ether oxygens (including phenoxy) is 1. The van der Waals surface area contributed by atoms with Crippen molar-refractivity contribution in [1.82, 2.24) is 4.98 Å². The molecule has 17 heavy (non-hydrogen) atoms. The van der Waals surface area contributed by atoms with Gasteiger partial charge in [0.15, 0.2) is 6.61 Å². The lowest BCUT2D eigenvalue weighted by Crippen LogP contribution is -2.20. The molecule has 0 bridgehead atoms. The molecule has 0 fully saturated rings. The quantitative estimate of drug-likeness (QED) is 0.271. The average molecular weight is 366 g/mol. The highest BCUT2D eigenvalue weighted by Gasteiger charge is 2.31. The first kappa shape index (κ1) is 13.9. The SMILES string of the molecule is O=[N+]([O-])c1cc(I)c(F)nc1OCC(F)(F)F. The van der Waals surface area contributed by atoms with Crippen LogP contribution in [0.25, 0.3) is 0 Å². The van der Waals surface area contributed by atoms with Gasteiger partial charge in [0.05, 0.1) is 8.49 Å². The van der Waals surface area contributed by atoms with Crippen LogP contribution in [0.4, 0.5) is 23.2 Å². The summed E-state index contributed by atoms with van der Waals surface area (Å²) in [6.45, 7) is -1.78. The zero-order valence-electron chi connectivity index (χ0n) is 7.79. The molecule has 0 saturated carbocycles. The third kappa shape index (κ3) is 3.94. The number of nitrogens with zero attached hydrogens (tertiary/aromatic N) is 2. The summed E-state index contributed by atoms with van der Waals surface area (Å²) < 4.78 is 52.3. The van der Waals surface area contributed by atoms with Gasteiger partial charge < -0.3 is 4.74 Å². The third-order valence-electron chi connectivity index (χ3n) is 1.45. The third-order valence-corrected chi connectivity index (χ3v) is 2.21. The molecule has 1 heterocycles. The highest BCUT2D eigenvalue weighted by Crippen LogP contribution is 2.29. The fraction of sp³-hybridized carbons (Fsp3) is 0.286. The molecule has 0 aliphatic heterocycles. The molecule has 0 amide bonds. The molecule has 0 aliphatic carbocycles. The molecule has 0 saturated heterocycles. The van der Waals surface area contributed by atoms with Crippen molar-refractivity contribution in [3.63, 3.8) is 0 Å². The Kier molecular flexibility index (Phi) is 4.06. The second kappa shape index (κ2) is 4.98. The second-order valence-corrected chi connectivity index (χ2v) is 3.91. The number of aromatic nitrogens is 1. The molecular formula is C7H3F4IN2O3. The molecule has 5 nitrogen and oxygen atoms in total. The Morgan fingerprint density at radius 2 is 2.12 bits per heavy atom. The van der Waals surface area contributed by atoms with Crippen LogP contribution in [0.1, 0.15) is 0 Å². The fourth-order valence-electron chi connectivity index (χ4n) is 0.828. The minimum atomic E-state index is -4.69. The van der Waals surface area contributed by atoms with Gasteiger partial charge >= 0.3 is 11.9 Å². The standard InChI is InChI=1S/C7H3F4IN2O3/c8-5-3(12)1-4(14(15)16)6(13-5)17-2-7(9,10)11/h1H,2H2. The maximum Gasteiger partial charge on any atom is 0.422 e. The molecule has 1 aromatic rings. The molecule has 0 radical (unpaired) electrons. The lowest BCUT2D eigenvalue weighted by Gasteiger charge is -2.08. The van der Waals surface area contributed by atoms with Gasteiger partial charge in [0.25, 0.3) is 5.88 Å². The van der Waals surface area contributed by atoms with Crippen LogP contribution in [0.2, 0.25) is 0 Å². The molecule has 0 spiro atoms. The molecule has 0 aromatic carbocycles. The Morgan fingerprint density at radius 1 is 1.53 bits per heavy atom. The normalized spacial score (nSPS) is 11.4. The van der Waals surface area contributed by atoms with E-state index in [9.17, 15) is 27.7 Å². The number of hydrogen-bond acceptors (Lipinski definition) is 4. The summed E-state index contributed by atoms with van der Waals surface area (Å²) in [4.78, 5) is 12.4. The predicted molar refractivity (Wildman–Crippen MR) is 55.1 cm³/mol. The van der Waals surface area contributed by atoms with Gasteiger partial charge in [0.2, 0.25) is 5.95 Å². The van der Waals surface area contributed by atoms with Crippen molar-refractivity contribution in [3.8, 4) is 5.88 Å². The van der Waals surface area contributed by atoms with Gasteiger partial charge in [-0.2, -0.15) is 22.5 Å². The van der Waals surface area contributed by atoms with Crippen molar-refractivity contribution < 1.29 is 27.2 Å². The first-order valence-electron chi connectivity index (χ1n) is 3.90. The van der Waals surface area contributed by atoms with Crippen LogP contribution in [0.5, 0.6) is 5.88 Å². The number of halogens is 5. The Labute approximate surface area is 105 Å². The van der Waals surface area contributed by atoms with Crippen molar-refractivity contribution in [1.29, 1.82) is 0 Å². The van der Waals surface area contributed by atoms with Crippen LogP contribution >= 0.6 is 22.6 Å². The minimum absolute atomic E-state index is 0.186. The van der Waals surface area contributed by atoms with Crippen molar-refractivity contribution in [2.75, 3.05) is 6.61 Å². The monoisotopic (exact) mass is 366 g/mol. The predicted octanol–water partition coefficient (Wildman–Crippen LogP) is 2.67. The van der Waals surface area contributed by atoms with E-state index in [0.717, 1.165) is 6.07 Å². The molecule has 1 aromatic heterocycles. The van der Waals surface area contributed by atoms with E-state index in [1.807, 2.05) is 0 Å².